The average molecular weight is 317 g/mol. The maximum atomic E-state index is 12.8. The van der Waals surface area contributed by atoms with Gasteiger partial charge in [0.2, 0.25) is 0 Å². The fourth-order valence-electron chi connectivity index (χ4n) is 1.65. The predicted octanol–water partition coefficient (Wildman–Crippen LogP) is 2.46. The van der Waals surface area contributed by atoms with Crippen LogP contribution in [0, 0.1) is 5.92 Å². The Morgan fingerprint density at radius 3 is 2.73 bits per heavy atom. The number of nitrogens with two attached hydrogens (primary N) is 1. The Kier molecular flexibility index (Phi) is 6.94. The third-order valence-corrected chi connectivity index (χ3v) is 2.83. The number of anilines is 1. The van der Waals surface area contributed by atoms with Crippen molar-refractivity contribution in [2.75, 3.05) is 25.0 Å². The van der Waals surface area contributed by atoms with Crippen LogP contribution in [0.1, 0.15) is 25.8 Å². The summed E-state index contributed by atoms with van der Waals surface area (Å²) in [6.07, 6.45) is -2.18. The molecule has 1 heterocycles. The first-order valence-corrected chi connectivity index (χ1v) is 7.10. The molecule has 0 aliphatic heterocycles. The minimum atomic E-state index is -4.43. The first-order valence-electron chi connectivity index (χ1n) is 7.10. The van der Waals surface area contributed by atoms with Crippen LogP contribution in [-0.4, -0.2) is 30.6 Å². The number of alkyl halides is 3. The van der Waals surface area contributed by atoms with Crippen molar-refractivity contribution >= 4 is 11.8 Å². The summed E-state index contributed by atoms with van der Waals surface area (Å²) in [5.41, 5.74) is 4.87. The average Bonchev–Trinajstić information content (AvgIpc) is 2.42. The van der Waals surface area contributed by atoms with E-state index in [1.54, 1.807) is 0 Å². The largest absolute Gasteiger partial charge is 0.419 e. The molecule has 1 aromatic rings. The Morgan fingerprint density at radius 2 is 2.09 bits per heavy atom. The molecule has 8 heteroatoms. The van der Waals surface area contributed by atoms with Gasteiger partial charge in [-0.3, -0.25) is 4.99 Å². The van der Waals surface area contributed by atoms with Gasteiger partial charge in [0.05, 0.1) is 5.56 Å². The van der Waals surface area contributed by atoms with Crippen LogP contribution in [0.25, 0.3) is 0 Å². The van der Waals surface area contributed by atoms with E-state index in [-0.39, 0.29) is 12.4 Å². The number of pyridine rings is 1. The molecule has 0 saturated heterocycles. The molecule has 0 saturated carbocycles. The van der Waals surface area contributed by atoms with Crippen LogP contribution in [0.15, 0.2) is 23.3 Å². The normalized spacial score (nSPS) is 12.5. The van der Waals surface area contributed by atoms with Crippen LogP contribution in [-0.2, 0) is 6.18 Å². The van der Waals surface area contributed by atoms with Crippen LogP contribution >= 0.6 is 0 Å². The molecule has 124 valence electrons. The number of aliphatic imine (C=N–C) groups is 1. The summed E-state index contributed by atoms with van der Waals surface area (Å²) in [4.78, 5) is 7.84. The van der Waals surface area contributed by atoms with Crippen molar-refractivity contribution in [3.63, 3.8) is 0 Å². The monoisotopic (exact) mass is 317 g/mol. The second kappa shape index (κ2) is 8.45. The van der Waals surface area contributed by atoms with Crippen LogP contribution < -0.4 is 16.4 Å². The molecule has 0 unspecified atom stereocenters. The highest BCUT2D eigenvalue weighted by atomic mass is 19.4. The SMILES string of the molecule is CC(C)CCN=C(N)NCCNc1ncccc1C(F)(F)F. The van der Waals surface area contributed by atoms with Crippen molar-refractivity contribution in [1.82, 2.24) is 10.3 Å². The standard InChI is InChI=1S/C14H22F3N5/c1-10(2)5-7-21-13(18)22-9-8-20-12-11(14(15,16)17)4-3-6-19-12/h3-4,6,10H,5,7-9H2,1-2H3,(H,19,20)(H3,18,21,22). The van der Waals surface area contributed by atoms with Gasteiger partial charge < -0.3 is 16.4 Å². The van der Waals surface area contributed by atoms with Gasteiger partial charge in [-0.2, -0.15) is 13.2 Å². The molecule has 0 radical (unpaired) electrons. The van der Waals surface area contributed by atoms with E-state index in [9.17, 15) is 13.2 Å². The number of nitrogens with zero attached hydrogens (tertiary/aromatic N) is 2. The van der Waals surface area contributed by atoms with Crippen molar-refractivity contribution in [2.45, 2.75) is 26.4 Å². The number of rotatable bonds is 7. The van der Waals surface area contributed by atoms with Crippen molar-refractivity contribution in [3.8, 4) is 0 Å². The smallest absolute Gasteiger partial charge is 0.370 e. The van der Waals surface area contributed by atoms with E-state index in [4.69, 9.17) is 5.73 Å². The minimum absolute atomic E-state index is 0.188. The molecule has 5 nitrogen and oxygen atoms in total. The maximum absolute atomic E-state index is 12.8. The molecular weight excluding hydrogens is 295 g/mol. The van der Waals surface area contributed by atoms with Crippen LogP contribution in [0.3, 0.4) is 0 Å². The van der Waals surface area contributed by atoms with Gasteiger partial charge in [0.1, 0.15) is 5.82 Å². The summed E-state index contributed by atoms with van der Waals surface area (Å²) in [7, 11) is 0. The molecule has 0 aliphatic carbocycles. The van der Waals surface area contributed by atoms with Gasteiger partial charge >= 0.3 is 6.18 Å². The first kappa shape index (κ1) is 18.1. The van der Waals surface area contributed by atoms with E-state index < -0.39 is 11.7 Å². The minimum Gasteiger partial charge on any atom is -0.370 e. The third kappa shape index (κ3) is 6.64. The van der Waals surface area contributed by atoms with Gasteiger partial charge in [0.15, 0.2) is 5.96 Å². The molecule has 0 spiro atoms. The van der Waals surface area contributed by atoms with E-state index in [0.717, 1.165) is 12.5 Å². The lowest BCUT2D eigenvalue weighted by Crippen LogP contribution is -2.35. The summed E-state index contributed by atoms with van der Waals surface area (Å²) in [6, 6.07) is 2.25. The van der Waals surface area contributed by atoms with Crippen molar-refractivity contribution in [3.05, 3.63) is 23.9 Å². The lowest BCUT2D eigenvalue weighted by Gasteiger charge is -2.13. The number of nitrogens with one attached hydrogen (secondary N) is 2. The molecule has 1 rings (SSSR count). The molecule has 0 aliphatic rings. The molecule has 4 N–H and O–H groups in total. The molecule has 0 fully saturated rings. The molecule has 0 amide bonds. The zero-order valence-electron chi connectivity index (χ0n) is 12.7. The van der Waals surface area contributed by atoms with Crippen LogP contribution in [0.2, 0.25) is 0 Å². The zero-order valence-corrected chi connectivity index (χ0v) is 12.7. The van der Waals surface area contributed by atoms with Crippen molar-refractivity contribution in [1.29, 1.82) is 0 Å². The Hall–Kier alpha value is -1.99. The topological polar surface area (TPSA) is 75.3 Å². The third-order valence-electron chi connectivity index (χ3n) is 2.83. The lowest BCUT2D eigenvalue weighted by atomic mass is 10.1. The molecular formula is C14H22F3N5. The summed E-state index contributed by atoms with van der Waals surface area (Å²) in [5.74, 6) is 0.648. The van der Waals surface area contributed by atoms with Gasteiger partial charge in [-0.25, -0.2) is 4.98 Å². The van der Waals surface area contributed by atoms with E-state index in [1.165, 1.54) is 12.3 Å². The zero-order chi connectivity index (χ0) is 16.6. The molecule has 22 heavy (non-hydrogen) atoms. The quantitative estimate of drug-likeness (QED) is 0.410. The van der Waals surface area contributed by atoms with E-state index >= 15 is 0 Å². The Morgan fingerprint density at radius 1 is 1.36 bits per heavy atom. The van der Waals surface area contributed by atoms with E-state index in [1.807, 2.05) is 0 Å². The lowest BCUT2D eigenvalue weighted by molar-refractivity contribution is -0.137. The van der Waals surface area contributed by atoms with Gasteiger partial charge in [0.25, 0.3) is 0 Å². The maximum Gasteiger partial charge on any atom is 0.419 e. The van der Waals surface area contributed by atoms with Gasteiger partial charge in [-0.15, -0.1) is 0 Å². The number of aromatic nitrogens is 1. The Balaban J connectivity index is 2.39. The van der Waals surface area contributed by atoms with E-state index in [2.05, 4.69) is 34.5 Å². The highest BCUT2D eigenvalue weighted by Gasteiger charge is 2.33. The second-order valence-electron chi connectivity index (χ2n) is 5.20. The first-order chi connectivity index (χ1) is 10.3. The van der Waals surface area contributed by atoms with E-state index in [0.29, 0.717) is 25.0 Å². The number of guanidine groups is 1. The van der Waals surface area contributed by atoms with Crippen LogP contribution in [0.5, 0.6) is 0 Å². The van der Waals surface area contributed by atoms with Gasteiger partial charge in [0, 0.05) is 25.8 Å². The molecule has 0 atom stereocenters. The van der Waals surface area contributed by atoms with Gasteiger partial charge in [-0.1, -0.05) is 13.8 Å². The van der Waals surface area contributed by atoms with Gasteiger partial charge in [-0.05, 0) is 24.5 Å². The summed E-state index contributed by atoms with van der Waals surface area (Å²) in [6.45, 7) is 5.41. The Bertz CT molecular complexity index is 486. The number of hydrogen-bond acceptors (Lipinski definition) is 3. The fourth-order valence-corrected chi connectivity index (χ4v) is 1.65. The molecule has 0 aromatic carbocycles. The van der Waals surface area contributed by atoms with Crippen molar-refractivity contribution < 1.29 is 13.2 Å². The second-order valence-corrected chi connectivity index (χ2v) is 5.20. The Labute approximate surface area is 128 Å². The number of halogens is 3. The van der Waals surface area contributed by atoms with Crippen molar-refractivity contribution in [2.24, 2.45) is 16.6 Å². The highest BCUT2D eigenvalue weighted by Crippen LogP contribution is 2.33. The van der Waals surface area contributed by atoms with Crippen LogP contribution in [0.4, 0.5) is 19.0 Å². The summed E-state index contributed by atoms with van der Waals surface area (Å²) in [5, 5.41) is 5.49. The number of hydrogen-bond donors (Lipinski definition) is 3. The predicted molar refractivity (Wildman–Crippen MR) is 81.7 cm³/mol. The fraction of sp³-hybridized carbons (Fsp3) is 0.571. The molecule has 0 bridgehead atoms. The molecule has 1 aromatic heterocycles. The summed E-state index contributed by atoms with van der Waals surface area (Å²) >= 11 is 0. The highest BCUT2D eigenvalue weighted by molar-refractivity contribution is 5.77. The summed E-state index contributed by atoms with van der Waals surface area (Å²) < 4.78 is 38.3.